The fraction of sp³-hybridized carbons (Fsp3) is 0.333. The van der Waals surface area contributed by atoms with Crippen molar-refractivity contribution in [2.24, 2.45) is 0 Å². The highest BCUT2D eigenvalue weighted by molar-refractivity contribution is 6.34. The molecular formula is C21H22ClN3O3. The number of methoxy groups -OCH3 is 1. The molecule has 2 amide bonds. The number of halogens is 1. The second-order valence-corrected chi connectivity index (χ2v) is 7.64. The van der Waals surface area contributed by atoms with Crippen molar-refractivity contribution >= 4 is 29.1 Å². The van der Waals surface area contributed by atoms with Crippen LogP contribution in [0.25, 0.3) is 0 Å². The molecule has 7 heteroatoms. The summed E-state index contributed by atoms with van der Waals surface area (Å²) in [5, 5.41) is 6.94. The Hall–Kier alpha value is -2.73. The molecule has 2 aliphatic heterocycles. The lowest BCUT2D eigenvalue weighted by molar-refractivity contribution is -0.132. The largest absolute Gasteiger partial charge is 0.497 e. The Morgan fingerprint density at radius 2 is 1.86 bits per heavy atom. The molecule has 0 atom stereocenters. The van der Waals surface area contributed by atoms with E-state index in [1.54, 1.807) is 13.2 Å². The zero-order chi connectivity index (χ0) is 19.7. The monoisotopic (exact) mass is 399 g/mol. The van der Waals surface area contributed by atoms with Crippen molar-refractivity contribution in [3.63, 3.8) is 0 Å². The quantitative estimate of drug-likeness (QED) is 0.832. The molecular weight excluding hydrogens is 378 g/mol. The molecule has 2 N–H and O–H groups in total. The van der Waals surface area contributed by atoms with E-state index in [-0.39, 0.29) is 11.8 Å². The maximum Gasteiger partial charge on any atom is 0.256 e. The first-order chi connectivity index (χ1) is 13.5. The molecule has 28 heavy (non-hydrogen) atoms. The number of hydrogen-bond acceptors (Lipinski definition) is 4. The van der Waals surface area contributed by atoms with Gasteiger partial charge in [0, 0.05) is 25.9 Å². The van der Waals surface area contributed by atoms with Crippen molar-refractivity contribution in [2.45, 2.75) is 24.9 Å². The van der Waals surface area contributed by atoms with Gasteiger partial charge in [-0.2, -0.15) is 0 Å². The predicted octanol–water partition coefficient (Wildman–Crippen LogP) is 3.07. The predicted molar refractivity (Wildman–Crippen MR) is 108 cm³/mol. The van der Waals surface area contributed by atoms with Crippen LogP contribution in [0.15, 0.2) is 42.5 Å². The number of carbonyl (C=O) groups is 2. The number of hydrogen-bond donors (Lipinski definition) is 2. The van der Waals surface area contributed by atoms with Crippen molar-refractivity contribution in [3.05, 3.63) is 58.6 Å². The molecule has 6 nitrogen and oxygen atoms in total. The summed E-state index contributed by atoms with van der Waals surface area (Å²) < 4.78 is 5.15. The molecule has 0 bridgehead atoms. The first kappa shape index (κ1) is 18.6. The van der Waals surface area contributed by atoms with E-state index < -0.39 is 5.66 Å². The normalized spacial score (nSPS) is 17.5. The number of ether oxygens (including phenoxy) is 1. The van der Waals surface area contributed by atoms with Crippen molar-refractivity contribution in [1.29, 1.82) is 0 Å². The lowest BCUT2D eigenvalue weighted by Crippen LogP contribution is -2.62. The van der Waals surface area contributed by atoms with Gasteiger partial charge in [-0.25, -0.2) is 0 Å². The van der Waals surface area contributed by atoms with Crippen molar-refractivity contribution in [3.8, 4) is 5.75 Å². The van der Waals surface area contributed by atoms with E-state index in [9.17, 15) is 9.59 Å². The van der Waals surface area contributed by atoms with Crippen LogP contribution in [0, 0.1) is 0 Å². The molecule has 4 rings (SSSR count). The number of rotatable bonds is 3. The molecule has 0 aromatic heterocycles. The molecule has 2 aromatic rings. The number of nitrogens with one attached hydrogen (secondary N) is 2. The van der Waals surface area contributed by atoms with Crippen LogP contribution in [-0.2, 0) is 11.2 Å². The first-order valence-electron chi connectivity index (χ1n) is 9.30. The summed E-state index contributed by atoms with van der Waals surface area (Å²) in [5.74, 6) is 0.693. The number of likely N-dealkylation sites (tertiary alicyclic amines) is 1. The van der Waals surface area contributed by atoms with Crippen molar-refractivity contribution < 1.29 is 14.3 Å². The molecule has 146 valence electrons. The minimum absolute atomic E-state index is 0.0885. The van der Waals surface area contributed by atoms with Crippen LogP contribution in [0.4, 0.5) is 5.69 Å². The number of amides is 2. The standard InChI is InChI=1S/C21H22ClN3O3/c1-28-15-7-5-14(6-8-15)13-18(26)25-11-9-21(10-12-25)23-17-4-2-3-16(22)19(17)20(27)24-21/h2-8,23H,9-13H2,1H3,(H,24,27). The number of benzene rings is 2. The summed E-state index contributed by atoms with van der Waals surface area (Å²) in [6.45, 7) is 1.16. The molecule has 0 unspecified atom stereocenters. The van der Waals surface area contributed by atoms with Gasteiger partial charge in [-0.15, -0.1) is 0 Å². The Morgan fingerprint density at radius 3 is 2.54 bits per heavy atom. The van der Waals surface area contributed by atoms with Gasteiger partial charge >= 0.3 is 0 Å². The average molecular weight is 400 g/mol. The Balaban J connectivity index is 1.40. The number of fused-ring (bicyclic) bond motifs is 1. The third-order valence-electron chi connectivity index (χ3n) is 5.45. The van der Waals surface area contributed by atoms with Gasteiger partial charge in [0.15, 0.2) is 0 Å². The summed E-state index contributed by atoms with van der Waals surface area (Å²) in [7, 11) is 1.62. The molecule has 0 aliphatic carbocycles. The van der Waals surface area contributed by atoms with Gasteiger partial charge in [0.25, 0.3) is 5.91 Å². The van der Waals surface area contributed by atoms with Gasteiger partial charge in [0.1, 0.15) is 11.4 Å². The third kappa shape index (κ3) is 3.52. The van der Waals surface area contributed by atoms with Crippen LogP contribution in [0.3, 0.4) is 0 Å². The van der Waals surface area contributed by atoms with Crippen molar-refractivity contribution in [2.75, 3.05) is 25.5 Å². The molecule has 2 aliphatic rings. The summed E-state index contributed by atoms with van der Waals surface area (Å²) in [4.78, 5) is 27.1. The fourth-order valence-electron chi connectivity index (χ4n) is 3.85. The second kappa shape index (κ2) is 7.36. The molecule has 0 radical (unpaired) electrons. The Morgan fingerprint density at radius 1 is 1.14 bits per heavy atom. The number of nitrogens with zero attached hydrogens (tertiary/aromatic N) is 1. The molecule has 2 heterocycles. The summed E-state index contributed by atoms with van der Waals surface area (Å²) in [6.07, 6.45) is 1.63. The lowest BCUT2D eigenvalue weighted by atomic mass is 9.92. The van der Waals surface area contributed by atoms with Gasteiger partial charge in [0.2, 0.25) is 5.91 Å². The van der Waals surface area contributed by atoms with E-state index in [2.05, 4.69) is 10.6 Å². The summed E-state index contributed by atoms with van der Waals surface area (Å²) >= 11 is 6.16. The minimum atomic E-state index is -0.536. The van der Waals surface area contributed by atoms with Gasteiger partial charge < -0.3 is 20.3 Å². The van der Waals surface area contributed by atoms with Gasteiger partial charge in [-0.05, 0) is 29.8 Å². The molecule has 1 spiro atoms. The van der Waals surface area contributed by atoms with Crippen LogP contribution < -0.4 is 15.4 Å². The highest BCUT2D eigenvalue weighted by Crippen LogP contribution is 2.34. The van der Waals surface area contributed by atoms with Crippen LogP contribution in [-0.4, -0.2) is 42.6 Å². The molecule has 1 fully saturated rings. The van der Waals surface area contributed by atoms with Crippen molar-refractivity contribution in [1.82, 2.24) is 10.2 Å². The van der Waals surface area contributed by atoms with Gasteiger partial charge in [0.05, 0.1) is 29.8 Å². The molecule has 2 aromatic carbocycles. The third-order valence-corrected chi connectivity index (χ3v) is 5.77. The van der Waals surface area contributed by atoms with E-state index in [1.165, 1.54) is 0 Å². The Bertz CT molecular complexity index is 906. The zero-order valence-corrected chi connectivity index (χ0v) is 16.4. The number of carbonyl (C=O) groups excluding carboxylic acids is 2. The maximum absolute atomic E-state index is 12.7. The second-order valence-electron chi connectivity index (χ2n) is 7.23. The smallest absolute Gasteiger partial charge is 0.256 e. The highest BCUT2D eigenvalue weighted by Gasteiger charge is 2.41. The highest BCUT2D eigenvalue weighted by atomic mass is 35.5. The maximum atomic E-state index is 12.7. The molecule has 0 saturated carbocycles. The average Bonchev–Trinajstić information content (AvgIpc) is 2.68. The Kier molecular flexibility index (Phi) is 4.89. The van der Waals surface area contributed by atoms with Crippen LogP contribution in [0.2, 0.25) is 5.02 Å². The number of piperidine rings is 1. The molecule has 1 saturated heterocycles. The van der Waals surface area contributed by atoms with E-state index in [4.69, 9.17) is 16.3 Å². The zero-order valence-electron chi connectivity index (χ0n) is 15.6. The first-order valence-corrected chi connectivity index (χ1v) is 9.67. The van der Waals surface area contributed by atoms with Crippen LogP contribution in [0.5, 0.6) is 5.75 Å². The van der Waals surface area contributed by atoms with E-state index in [0.717, 1.165) is 17.0 Å². The summed E-state index contributed by atoms with van der Waals surface area (Å²) in [6, 6.07) is 12.9. The topological polar surface area (TPSA) is 70.7 Å². The van der Waals surface area contributed by atoms with Crippen LogP contribution in [0.1, 0.15) is 28.8 Å². The van der Waals surface area contributed by atoms with E-state index in [0.29, 0.717) is 42.9 Å². The Labute approximate surface area is 168 Å². The van der Waals surface area contributed by atoms with Crippen LogP contribution >= 0.6 is 11.6 Å². The SMILES string of the molecule is COc1ccc(CC(=O)N2CCC3(CC2)NC(=O)c2c(Cl)cccc2N3)cc1. The minimum Gasteiger partial charge on any atom is -0.497 e. The fourth-order valence-corrected chi connectivity index (χ4v) is 4.11. The summed E-state index contributed by atoms with van der Waals surface area (Å²) in [5.41, 5.74) is 1.65. The van der Waals surface area contributed by atoms with E-state index >= 15 is 0 Å². The number of anilines is 1. The lowest BCUT2D eigenvalue weighted by Gasteiger charge is -2.46. The van der Waals surface area contributed by atoms with E-state index in [1.807, 2.05) is 41.3 Å². The van der Waals surface area contributed by atoms with Gasteiger partial charge in [-0.3, -0.25) is 9.59 Å². The van der Waals surface area contributed by atoms with Gasteiger partial charge in [-0.1, -0.05) is 29.8 Å².